The maximum Gasteiger partial charge on any atom is 0.127 e. The Hall–Kier alpha value is -1.83. The third-order valence-electron chi connectivity index (χ3n) is 6.45. The number of aromatic nitrogens is 1. The van der Waals surface area contributed by atoms with Crippen molar-refractivity contribution in [2.45, 2.75) is 71.6 Å². The van der Waals surface area contributed by atoms with Crippen LogP contribution in [0.2, 0.25) is 0 Å². The largest absolute Gasteiger partial charge is 0.493 e. The second-order valence-electron chi connectivity index (χ2n) is 8.14. The summed E-state index contributed by atoms with van der Waals surface area (Å²) >= 11 is 0. The van der Waals surface area contributed by atoms with Crippen molar-refractivity contribution in [3.8, 4) is 16.9 Å². The molecule has 2 aromatic rings. The van der Waals surface area contributed by atoms with E-state index in [1.54, 1.807) is 0 Å². The Bertz CT molecular complexity index is 703. The van der Waals surface area contributed by atoms with E-state index < -0.39 is 0 Å². The van der Waals surface area contributed by atoms with Gasteiger partial charge in [-0.3, -0.25) is 4.98 Å². The van der Waals surface area contributed by atoms with E-state index in [4.69, 9.17) is 4.74 Å². The van der Waals surface area contributed by atoms with Crippen LogP contribution < -0.4 is 4.74 Å². The van der Waals surface area contributed by atoms with Crippen LogP contribution in [0.3, 0.4) is 0 Å². The highest BCUT2D eigenvalue weighted by atomic mass is 16.5. The molecule has 0 saturated heterocycles. The molecule has 146 valence electrons. The molecule has 27 heavy (non-hydrogen) atoms. The predicted octanol–water partition coefficient (Wildman–Crippen LogP) is 7.25. The van der Waals surface area contributed by atoms with Crippen LogP contribution in [0.5, 0.6) is 5.75 Å². The Balaban J connectivity index is 1.84. The van der Waals surface area contributed by atoms with E-state index in [-0.39, 0.29) is 0 Å². The molecular weight excluding hydrogens is 330 g/mol. The average Bonchev–Trinajstić information content (AvgIpc) is 2.74. The normalized spacial score (nSPS) is 21.0. The fourth-order valence-electron chi connectivity index (χ4n) is 4.51. The number of hydrogen-bond acceptors (Lipinski definition) is 2. The first-order valence-corrected chi connectivity index (χ1v) is 10.9. The number of benzene rings is 1. The van der Waals surface area contributed by atoms with Gasteiger partial charge >= 0.3 is 0 Å². The first-order valence-electron chi connectivity index (χ1n) is 10.9. The molecule has 1 heterocycles. The molecule has 1 aliphatic rings. The minimum Gasteiger partial charge on any atom is -0.493 e. The first-order chi connectivity index (χ1) is 13.2. The van der Waals surface area contributed by atoms with Crippen LogP contribution in [0.1, 0.15) is 77.2 Å². The summed E-state index contributed by atoms with van der Waals surface area (Å²) in [5.74, 6) is 3.24. The molecule has 2 heteroatoms. The molecule has 0 radical (unpaired) electrons. The maximum absolute atomic E-state index is 6.12. The zero-order valence-corrected chi connectivity index (χ0v) is 17.3. The summed E-state index contributed by atoms with van der Waals surface area (Å²) in [5.41, 5.74) is 3.88. The lowest BCUT2D eigenvalue weighted by atomic mass is 9.73. The van der Waals surface area contributed by atoms with Gasteiger partial charge in [0.25, 0.3) is 0 Å². The van der Waals surface area contributed by atoms with Gasteiger partial charge in [-0.05, 0) is 60.3 Å². The third-order valence-corrected chi connectivity index (χ3v) is 6.45. The van der Waals surface area contributed by atoms with Crippen molar-refractivity contribution in [3.05, 3.63) is 48.3 Å². The van der Waals surface area contributed by atoms with Crippen LogP contribution >= 0.6 is 0 Å². The van der Waals surface area contributed by atoms with E-state index in [0.717, 1.165) is 37.0 Å². The molecule has 1 aliphatic carbocycles. The monoisotopic (exact) mass is 365 g/mol. The Morgan fingerprint density at radius 1 is 1.04 bits per heavy atom. The van der Waals surface area contributed by atoms with Gasteiger partial charge in [0.15, 0.2) is 0 Å². The Kier molecular flexibility index (Phi) is 7.32. The second kappa shape index (κ2) is 9.92. The molecule has 2 nitrogen and oxygen atoms in total. The number of pyridine rings is 1. The quantitative estimate of drug-likeness (QED) is 0.460. The zero-order chi connectivity index (χ0) is 19.1. The van der Waals surface area contributed by atoms with Crippen LogP contribution in [0.4, 0.5) is 0 Å². The molecule has 0 amide bonds. The summed E-state index contributed by atoms with van der Waals surface area (Å²) < 4.78 is 6.12. The molecular formula is C25H35NO. The van der Waals surface area contributed by atoms with E-state index in [1.165, 1.54) is 48.8 Å². The summed E-state index contributed by atoms with van der Waals surface area (Å²) in [6.45, 7) is 7.72. The molecule has 0 bridgehead atoms. The van der Waals surface area contributed by atoms with Crippen molar-refractivity contribution in [1.29, 1.82) is 0 Å². The molecule has 1 aromatic carbocycles. The Morgan fingerprint density at radius 2 is 1.81 bits per heavy atom. The van der Waals surface area contributed by atoms with Crippen molar-refractivity contribution < 1.29 is 4.74 Å². The third kappa shape index (κ3) is 4.91. The van der Waals surface area contributed by atoms with Crippen LogP contribution in [-0.4, -0.2) is 11.6 Å². The molecule has 3 rings (SSSR count). The summed E-state index contributed by atoms with van der Waals surface area (Å²) in [7, 11) is 0. The van der Waals surface area contributed by atoms with Crippen molar-refractivity contribution in [3.63, 3.8) is 0 Å². The molecule has 1 atom stereocenters. The van der Waals surface area contributed by atoms with Crippen molar-refractivity contribution in [2.75, 3.05) is 6.61 Å². The SMILES string of the molecule is CCCCOc1ccccc1-c1ccncc1C(C)C1CCC(CC)CC1. The van der Waals surface area contributed by atoms with Gasteiger partial charge in [-0.15, -0.1) is 0 Å². The number of para-hydroxylation sites is 1. The lowest BCUT2D eigenvalue weighted by molar-refractivity contribution is 0.244. The number of rotatable bonds is 8. The summed E-state index contributed by atoms with van der Waals surface area (Å²) in [4.78, 5) is 4.48. The van der Waals surface area contributed by atoms with Gasteiger partial charge in [0.2, 0.25) is 0 Å². The fourth-order valence-corrected chi connectivity index (χ4v) is 4.51. The van der Waals surface area contributed by atoms with Gasteiger partial charge in [0.05, 0.1) is 6.61 Å². The predicted molar refractivity (Wildman–Crippen MR) is 114 cm³/mol. The Morgan fingerprint density at radius 3 is 2.56 bits per heavy atom. The van der Waals surface area contributed by atoms with E-state index in [1.807, 2.05) is 6.20 Å². The molecule has 1 unspecified atom stereocenters. The highest BCUT2D eigenvalue weighted by Gasteiger charge is 2.27. The summed E-state index contributed by atoms with van der Waals surface area (Å²) in [5, 5.41) is 0. The first kappa shape index (κ1) is 19.9. The van der Waals surface area contributed by atoms with Crippen LogP contribution in [0.25, 0.3) is 11.1 Å². The van der Waals surface area contributed by atoms with Gasteiger partial charge < -0.3 is 4.74 Å². The van der Waals surface area contributed by atoms with Gasteiger partial charge in [0.1, 0.15) is 5.75 Å². The van der Waals surface area contributed by atoms with Crippen molar-refractivity contribution >= 4 is 0 Å². The highest BCUT2D eigenvalue weighted by Crippen LogP contribution is 2.42. The van der Waals surface area contributed by atoms with Gasteiger partial charge in [-0.25, -0.2) is 0 Å². The number of hydrogen-bond donors (Lipinski definition) is 0. The molecule has 0 spiro atoms. The number of unbranched alkanes of at least 4 members (excludes halogenated alkanes) is 1. The van der Waals surface area contributed by atoms with Crippen LogP contribution in [0.15, 0.2) is 42.7 Å². The van der Waals surface area contributed by atoms with Crippen molar-refractivity contribution in [2.24, 2.45) is 11.8 Å². The smallest absolute Gasteiger partial charge is 0.127 e. The Labute approximate surface area is 165 Å². The van der Waals surface area contributed by atoms with E-state index >= 15 is 0 Å². The van der Waals surface area contributed by atoms with Gasteiger partial charge in [-0.2, -0.15) is 0 Å². The standard InChI is InChI=1S/C25H35NO/c1-4-6-17-27-25-10-8-7-9-23(25)22-15-16-26-18-24(22)19(3)21-13-11-20(5-2)12-14-21/h7-10,15-16,18-21H,4-6,11-14,17H2,1-3H3. The fraction of sp³-hybridized carbons (Fsp3) is 0.560. The van der Waals surface area contributed by atoms with Crippen LogP contribution in [0, 0.1) is 11.8 Å². The highest BCUT2D eigenvalue weighted by molar-refractivity contribution is 5.73. The lowest BCUT2D eigenvalue weighted by Crippen LogP contribution is -2.19. The second-order valence-corrected chi connectivity index (χ2v) is 8.14. The summed E-state index contributed by atoms with van der Waals surface area (Å²) in [6.07, 6.45) is 13.1. The average molecular weight is 366 g/mol. The molecule has 1 fully saturated rings. The number of ether oxygens (including phenoxy) is 1. The molecule has 1 saturated carbocycles. The van der Waals surface area contributed by atoms with Gasteiger partial charge in [-0.1, -0.05) is 64.7 Å². The minimum absolute atomic E-state index is 0.537. The molecule has 0 aliphatic heterocycles. The van der Waals surface area contributed by atoms with Crippen LogP contribution in [-0.2, 0) is 0 Å². The number of nitrogens with zero attached hydrogens (tertiary/aromatic N) is 1. The van der Waals surface area contributed by atoms with Crippen molar-refractivity contribution in [1.82, 2.24) is 4.98 Å². The molecule has 1 aromatic heterocycles. The van der Waals surface area contributed by atoms with E-state index in [9.17, 15) is 0 Å². The lowest BCUT2D eigenvalue weighted by Gasteiger charge is -2.33. The topological polar surface area (TPSA) is 22.1 Å². The van der Waals surface area contributed by atoms with E-state index in [0.29, 0.717) is 5.92 Å². The minimum atomic E-state index is 0.537. The van der Waals surface area contributed by atoms with Gasteiger partial charge in [0, 0.05) is 18.0 Å². The van der Waals surface area contributed by atoms with E-state index in [2.05, 4.69) is 62.3 Å². The molecule has 0 N–H and O–H groups in total. The zero-order valence-electron chi connectivity index (χ0n) is 17.3. The maximum atomic E-state index is 6.12. The summed E-state index contributed by atoms with van der Waals surface area (Å²) in [6, 6.07) is 10.7.